The Morgan fingerprint density at radius 3 is 2.45 bits per heavy atom. The Labute approximate surface area is 125 Å². The predicted molar refractivity (Wildman–Crippen MR) is 74.1 cm³/mol. The fraction of sp³-hybridized carbons (Fsp3) is 0.429. The molecule has 0 aliphatic carbocycles. The van der Waals surface area contributed by atoms with Crippen molar-refractivity contribution in [1.29, 1.82) is 0 Å². The first-order valence-corrected chi connectivity index (χ1v) is 6.57. The van der Waals surface area contributed by atoms with E-state index in [4.69, 9.17) is 5.11 Å². The molecule has 122 valence electrons. The molecule has 0 heterocycles. The number of anilines is 1. The van der Waals surface area contributed by atoms with Crippen molar-refractivity contribution in [1.82, 2.24) is 5.32 Å². The molecular weight excluding hydrogens is 301 g/mol. The number of hydrogen-bond donors (Lipinski definition) is 3. The van der Waals surface area contributed by atoms with Gasteiger partial charge in [-0.3, -0.25) is 9.59 Å². The zero-order valence-corrected chi connectivity index (χ0v) is 12.1. The Balaban J connectivity index is 2.75. The summed E-state index contributed by atoms with van der Waals surface area (Å²) in [5.74, 6) is -2.04. The minimum absolute atomic E-state index is 0.0782. The van der Waals surface area contributed by atoms with Gasteiger partial charge in [-0.05, 0) is 38.0 Å². The molecule has 1 unspecified atom stereocenters. The van der Waals surface area contributed by atoms with E-state index in [2.05, 4.69) is 10.6 Å². The minimum Gasteiger partial charge on any atom is -0.393 e. The molecule has 1 rings (SSSR count). The average molecular weight is 318 g/mol. The maximum atomic E-state index is 12.8. The first-order chi connectivity index (χ1) is 10.1. The van der Waals surface area contributed by atoms with E-state index in [1.165, 1.54) is 19.9 Å². The third-order valence-electron chi connectivity index (χ3n) is 2.94. The molecular formula is C14H17F3N2O3. The summed E-state index contributed by atoms with van der Waals surface area (Å²) in [6.45, 7) is 2.83. The van der Waals surface area contributed by atoms with Crippen LogP contribution in [0, 0.1) is 6.92 Å². The lowest BCUT2D eigenvalue weighted by molar-refractivity contribution is -0.138. The van der Waals surface area contributed by atoms with Gasteiger partial charge in [0.25, 0.3) is 0 Å². The van der Waals surface area contributed by atoms with Crippen molar-refractivity contribution in [3.8, 4) is 0 Å². The summed E-state index contributed by atoms with van der Waals surface area (Å²) in [6.07, 6.45) is -4.90. The fourth-order valence-electron chi connectivity index (χ4n) is 1.73. The summed E-state index contributed by atoms with van der Waals surface area (Å²) < 4.78 is 38.3. The molecule has 0 aliphatic heterocycles. The van der Waals surface area contributed by atoms with Crippen molar-refractivity contribution in [2.45, 2.75) is 32.5 Å². The van der Waals surface area contributed by atoms with Gasteiger partial charge in [0.1, 0.15) is 0 Å². The molecule has 1 aromatic rings. The molecule has 0 fully saturated rings. The first-order valence-electron chi connectivity index (χ1n) is 6.57. The van der Waals surface area contributed by atoms with E-state index in [1.54, 1.807) is 0 Å². The van der Waals surface area contributed by atoms with Gasteiger partial charge in [-0.2, -0.15) is 13.2 Å². The maximum Gasteiger partial charge on any atom is 0.416 e. The summed E-state index contributed by atoms with van der Waals surface area (Å²) in [4.78, 5) is 23.1. The van der Waals surface area contributed by atoms with Gasteiger partial charge in [0, 0.05) is 12.2 Å². The van der Waals surface area contributed by atoms with E-state index in [9.17, 15) is 22.8 Å². The molecule has 1 atom stereocenters. The van der Waals surface area contributed by atoms with Crippen LogP contribution in [0.15, 0.2) is 18.2 Å². The zero-order chi connectivity index (χ0) is 16.9. The lowest BCUT2D eigenvalue weighted by Crippen LogP contribution is -2.36. The van der Waals surface area contributed by atoms with Crippen LogP contribution in [0.4, 0.5) is 18.9 Å². The number of rotatable bonds is 4. The molecule has 3 N–H and O–H groups in total. The predicted octanol–water partition coefficient (Wildman–Crippen LogP) is 1.84. The number of hydrogen-bond acceptors (Lipinski definition) is 3. The van der Waals surface area contributed by atoms with Crippen LogP contribution in [0.5, 0.6) is 0 Å². The van der Waals surface area contributed by atoms with Crippen molar-refractivity contribution in [2.24, 2.45) is 0 Å². The molecule has 0 saturated heterocycles. The van der Waals surface area contributed by atoms with E-state index < -0.39 is 29.7 Å². The van der Waals surface area contributed by atoms with Crippen LogP contribution >= 0.6 is 0 Å². The van der Waals surface area contributed by atoms with Crippen molar-refractivity contribution in [3.05, 3.63) is 29.3 Å². The number of alkyl halides is 3. The van der Waals surface area contributed by atoms with E-state index in [0.717, 1.165) is 12.1 Å². The second-order valence-electron chi connectivity index (χ2n) is 4.82. The number of amides is 2. The highest BCUT2D eigenvalue weighted by Gasteiger charge is 2.33. The summed E-state index contributed by atoms with van der Waals surface area (Å²) in [5, 5.41) is 13.4. The summed E-state index contributed by atoms with van der Waals surface area (Å²) in [6, 6.07) is 3.33. The van der Waals surface area contributed by atoms with Crippen molar-refractivity contribution < 1.29 is 27.9 Å². The van der Waals surface area contributed by atoms with E-state index in [0.29, 0.717) is 0 Å². The van der Waals surface area contributed by atoms with Crippen molar-refractivity contribution in [2.75, 3.05) is 11.9 Å². The zero-order valence-electron chi connectivity index (χ0n) is 12.1. The molecule has 0 saturated carbocycles. The Morgan fingerprint density at radius 2 is 1.91 bits per heavy atom. The normalized spacial score (nSPS) is 12.6. The van der Waals surface area contributed by atoms with E-state index in [-0.39, 0.29) is 24.2 Å². The van der Waals surface area contributed by atoms with Crippen LogP contribution in [0.25, 0.3) is 0 Å². The third kappa shape index (κ3) is 5.03. The van der Waals surface area contributed by atoms with Gasteiger partial charge in [0.2, 0.25) is 0 Å². The van der Waals surface area contributed by atoms with E-state index in [1.807, 2.05) is 0 Å². The molecule has 8 heteroatoms. The molecule has 2 amide bonds. The summed E-state index contributed by atoms with van der Waals surface area (Å²) in [7, 11) is 0. The van der Waals surface area contributed by atoms with Gasteiger partial charge in [0.15, 0.2) is 0 Å². The quantitative estimate of drug-likeness (QED) is 0.741. The van der Waals surface area contributed by atoms with Gasteiger partial charge in [0.05, 0.1) is 11.7 Å². The highest BCUT2D eigenvalue weighted by molar-refractivity contribution is 6.39. The molecule has 5 nitrogen and oxygen atoms in total. The smallest absolute Gasteiger partial charge is 0.393 e. The summed E-state index contributed by atoms with van der Waals surface area (Å²) >= 11 is 0. The SMILES string of the molecule is Cc1c(NC(=O)C(=O)NCCC(C)O)cccc1C(F)(F)F. The number of benzene rings is 1. The van der Waals surface area contributed by atoms with Gasteiger partial charge < -0.3 is 15.7 Å². The first kappa shape index (κ1) is 18.0. The monoisotopic (exact) mass is 318 g/mol. The molecule has 22 heavy (non-hydrogen) atoms. The van der Waals surface area contributed by atoms with Crippen LogP contribution in [0.3, 0.4) is 0 Å². The Morgan fingerprint density at radius 1 is 1.27 bits per heavy atom. The minimum atomic E-state index is -4.54. The molecule has 0 spiro atoms. The lowest BCUT2D eigenvalue weighted by Gasteiger charge is -2.14. The van der Waals surface area contributed by atoms with Crippen LogP contribution in [-0.4, -0.2) is 29.6 Å². The van der Waals surface area contributed by atoms with Gasteiger partial charge in [-0.25, -0.2) is 0 Å². The number of carbonyl (C=O) groups excluding carboxylic acids is 2. The second kappa shape index (κ2) is 7.26. The molecule has 0 aliphatic rings. The number of carbonyl (C=O) groups is 2. The topological polar surface area (TPSA) is 78.4 Å². The van der Waals surface area contributed by atoms with Gasteiger partial charge >= 0.3 is 18.0 Å². The maximum absolute atomic E-state index is 12.8. The van der Waals surface area contributed by atoms with Crippen LogP contribution < -0.4 is 10.6 Å². The van der Waals surface area contributed by atoms with E-state index >= 15 is 0 Å². The van der Waals surface area contributed by atoms with Crippen molar-refractivity contribution >= 4 is 17.5 Å². The van der Waals surface area contributed by atoms with Gasteiger partial charge in [-0.1, -0.05) is 6.07 Å². The van der Waals surface area contributed by atoms with Crippen LogP contribution in [0.1, 0.15) is 24.5 Å². The molecule has 1 aromatic carbocycles. The number of halogens is 3. The number of nitrogens with one attached hydrogen (secondary N) is 2. The molecule has 0 aromatic heterocycles. The van der Waals surface area contributed by atoms with Crippen LogP contribution in [0.2, 0.25) is 0 Å². The van der Waals surface area contributed by atoms with Crippen molar-refractivity contribution in [3.63, 3.8) is 0 Å². The van der Waals surface area contributed by atoms with Crippen LogP contribution in [-0.2, 0) is 15.8 Å². The largest absolute Gasteiger partial charge is 0.416 e. The third-order valence-corrected chi connectivity index (χ3v) is 2.94. The number of aliphatic hydroxyl groups excluding tert-OH is 1. The Hall–Kier alpha value is -2.09. The fourth-order valence-corrected chi connectivity index (χ4v) is 1.73. The number of aliphatic hydroxyl groups is 1. The Kier molecular flexibility index (Phi) is 5.92. The standard InChI is InChI=1S/C14H17F3N2O3/c1-8(20)6-7-18-12(21)13(22)19-11-5-3-4-10(9(11)2)14(15,16)17/h3-5,8,20H,6-7H2,1-2H3,(H,18,21)(H,19,22). The highest BCUT2D eigenvalue weighted by atomic mass is 19.4. The second-order valence-corrected chi connectivity index (χ2v) is 4.82. The average Bonchev–Trinajstić information content (AvgIpc) is 2.39. The molecule has 0 radical (unpaired) electrons. The molecule has 0 bridgehead atoms. The summed E-state index contributed by atoms with van der Waals surface area (Å²) in [5.41, 5.74) is -1.12. The lowest BCUT2D eigenvalue weighted by atomic mass is 10.1. The Bertz CT molecular complexity index is 557. The van der Waals surface area contributed by atoms with Gasteiger partial charge in [-0.15, -0.1) is 0 Å². The highest BCUT2D eigenvalue weighted by Crippen LogP contribution is 2.34.